The normalized spacial score (nSPS) is 29.6. The molecular weight excluding hydrogens is 676 g/mol. The summed E-state index contributed by atoms with van der Waals surface area (Å²) in [5, 5.41) is 20.9. The Kier molecular flexibility index (Phi) is 11.8. The third-order valence-corrected chi connectivity index (χ3v) is 12.2. The average molecular weight is 722 g/mol. The number of rotatable bonds is 15. The van der Waals surface area contributed by atoms with Crippen molar-refractivity contribution in [3.05, 3.63) is 41.5 Å². The van der Waals surface area contributed by atoms with E-state index in [1.807, 2.05) is 18.0 Å². The third-order valence-electron chi connectivity index (χ3n) is 11.1. The summed E-state index contributed by atoms with van der Waals surface area (Å²) < 4.78 is 133. The molecule has 2 saturated carbocycles. The molecule has 14 heteroatoms. The van der Waals surface area contributed by atoms with E-state index >= 15 is 4.39 Å². The maximum atomic E-state index is 16.3. The van der Waals surface area contributed by atoms with Gasteiger partial charge in [0.05, 0.1) is 6.10 Å². The number of thioether (sulfide) groups is 1. The van der Waals surface area contributed by atoms with Gasteiger partial charge in [-0.15, -0.1) is 0 Å². The zero-order chi connectivity index (χ0) is 35.9. The molecule has 0 radical (unpaired) electrons. The first-order valence-corrected chi connectivity index (χ1v) is 17.6. The summed E-state index contributed by atoms with van der Waals surface area (Å²) in [6.07, 6.45) is -4.70. The summed E-state index contributed by atoms with van der Waals surface area (Å²) in [6, 6.07) is 5.00. The lowest BCUT2D eigenvalue weighted by atomic mass is 9.51. The number of nitrogens with zero attached hydrogens (tertiary/aromatic N) is 1. The zero-order valence-corrected chi connectivity index (χ0v) is 27.9. The minimum Gasteiger partial charge on any atom is -0.508 e. The molecule has 3 nitrogen and oxygen atoms in total. The molecule has 0 aliphatic heterocycles. The van der Waals surface area contributed by atoms with E-state index in [4.69, 9.17) is 0 Å². The number of unbranched alkanes of at least 4 members (excludes halogenated alkanes) is 2. The van der Waals surface area contributed by atoms with E-state index in [2.05, 4.69) is 13.5 Å². The number of hydrogen-bond acceptors (Lipinski definition) is 4. The molecule has 2 fully saturated rings. The molecule has 4 rings (SSSR count). The van der Waals surface area contributed by atoms with Gasteiger partial charge in [-0.2, -0.15) is 51.3 Å². The molecule has 0 aromatic heterocycles. The summed E-state index contributed by atoms with van der Waals surface area (Å²) >= 11 is 0.777. The molecule has 48 heavy (non-hydrogen) atoms. The molecule has 3 aliphatic carbocycles. The van der Waals surface area contributed by atoms with E-state index in [0.717, 1.165) is 55.0 Å². The first-order valence-electron chi connectivity index (χ1n) is 16.5. The number of benzene rings is 1. The van der Waals surface area contributed by atoms with Crippen LogP contribution in [0.15, 0.2) is 30.4 Å². The Hall–Kier alpha value is -1.67. The summed E-state index contributed by atoms with van der Waals surface area (Å²) in [4.78, 5) is 1.99. The van der Waals surface area contributed by atoms with Crippen LogP contribution in [0, 0.1) is 23.2 Å². The predicted octanol–water partition coefficient (Wildman–Crippen LogP) is 9.94. The van der Waals surface area contributed by atoms with Gasteiger partial charge in [0, 0.05) is 6.42 Å². The van der Waals surface area contributed by atoms with Crippen molar-refractivity contribution in [3.8, 4) is 5.75 Å². The van der Waals surface area contributed by atoms with Crippen molar-refractivity contribution >= 4 is 11.8 Å². The van der Waals surface area contributed by atoms with Gasteiger partial charge >= 0.3 is 23.9 Å². The molecule has 274 valence electrons. The molecule has 1 aromatic carbocycles. The highest BCUT2D eigenvalue weighted by Gasteiger charge is 2.81. The Labute approximate surface area is 279 Å². The quantitative estimate of drug-likeness (QED) is 0.108. The van der Waals surface area contributed by atoms with Gasteiger partial charge in [-0.3, -0.25) is 0 Å². The fourth-order valence-corrected chi connectivity index (χ4v) is 9.27. The van der Waals surface area contributed by atoms with E-state index in [0.29, 0.717) is 37.9 Å². The van der Waals surface area contributed by atoms with Crippen LogP contribution in [0.5, 0.6) is 5.75 Å². The molecule has 0 saturated heterocycles. The second-order valence-corrected chi connectivity index (χ2v) is 15.3. The van der Waals surface area contributed by atoms with Crippen molar-refractivity contribution in [2.24, 2.45) is 23.2 Å². The predicted molar refractivity (Wildman–Crippen MR) is 166 cm³/mol. The first kappa shape index (κ1) is 39.1. The summed E-state index contributed by atoms with van der Waals surface area (Å²) in [5.74, 6) is -19.4. The fraction of sp³-hybridized carbons (Fsp3) is 0.765. The molecule has 2 N–H and O–H groups in total. The average Bonchev–Trinajstić information content (AvgIpc) is 3.23. The van der Waals surface area contributed by atoms with Gasteiger partial charge in [0.25, 0.3) is 0 Å². The van der Waals surface area contributed by atoms with Gasteiger partial charge in [-0.1, -0.05) is 32.4 Å². The standard InChI is InChI=1S/C34H45F10NO2S/c1-20-27(47)19-26-28-23(11-12-30(20,26)2)22-10-9-21(46)18-25(22)29(35)24(28)8-5-4-6-14-45(3)15-7-16-48-17-13-31(36,37)32(38,39)33(40,41)34(42,43)44/h9-10,18,23-24,26-29,46-47H,1,4-8,11-17,19H2,2-3H3/t23?,24-,26?,27+,28?,29+,30+/m0/s1. The number of phenolic OH excluding ortho intramolecular Hbond substituents is 1. The lowest BCUT2D eigenvalue weighted by molar-refractivity contribution is -0.396. The third kappa shape index (κ3) is 7.36. The number of fused-ring (bicyclic) bond motifs is 5. The van der Waals surface area contributed by atoms with Crippen LogP contribution in [0.4, 0.5) is 43.9 Å². The molecule has 3 aliphatic rings. The Morgan fingerprint density at radius 2 is 1.60 bits per heavy atom. The van der Waals surface area contributed by atoms with Gasteiger partial charge in [-0.25, -0.2) is 4.39 Å². The Morgan fingerprint density at radius 1 is 0.938 bits per heavy atom. The van der Waals surface area contributed by atoms with Gasteiger partial charge < -0.3 is 15.1 Å². The van der Waals surface area contributed by atoms with Gasteiger partial charge in [-0.05, 0) is 128 Å². The van der Waals surface area contributed by atoms with Crippen LogP contribution in [-0.2, 0) is 0 Å². The van der Waals surface area contributed by atoms with Crippen LogP contribution < -0.4 is 0 Å². The van der Waals surface area contributed by atoms with Crippen LogP contribution in [0.25, 0.3) is 0 Å². The Balaban J connectivity index is 1.21. The molecule has 3 unspecified atom stereocenters. The lowest BCUT2D eigenvalue weighted by Gasteiger charge is -2.53. The number of halogens is 10. The summed E-state index contributed by atoms with van der Waals surface area (Å²) in [7, 11) is 1.84. The molecule has 0 spiro atoms. The molecule has 0 bridgehead atoms. The van der Waals surface area contributed by atoms with E-state index in [1.165, 1.54) is 0 Å². The number of aromatic hydroxyl groups is 1. The van der Waals surface area contributed by atoms with Crippen LogP contribution in [0.1, 0.15) is 87.9 Å². The number of phenols is 1. The van der Waals surface area contributed by atoms with E-state index in [1.54, 1.807) is 12.1 Å². The van der Waals surface area contributed by atoms with Crippen molar-refractivity contribution in [2.75, 3.05) is 31.6 Å². The second kappa shape index (κ2) is 14.5. The maximum absolute atomic E-state index is 16.3. The smallest absolute Gasteiger partial charge is 0.460 e. The number of alkyl halides is 10. The molecule has 0 heterocycles. The number of aliphatic hydroxyl groups is 1. The first-order chi connectivity index (χ1) is 22.2. The number of hydrogen-bond donors (Lipinski definition) is 2. The topological polar surface area (TPSA) is 43.7 Å². The highest BCUT2D eigenvalue weighted by Crippen LogP contribution is 2.66. The minimum atomic E-state index is -6.86. The maximum Gasteiger partial charge on any atom is 0.460 e. The SMILES string of the molecule is C=C1[C@H](O)CC2C3C(CC[C@]12C)c1ccc(O)cc1[C@H](F)[C@H]3CCCCCN(C)CCCSCCC(F)(F)C(F)(F)C(F)(F)C(F)(F)F. The zero-order valence-electron chi connectivity index (χ0n) is 27.1. The highest BCUT2D eigenvalue weighted by molar-refractivity contribution is 7.99. The van der Waals surface area contributed by atoms with Crippen LogP contribution in [-0.4, -0.2) is 76.8 Å². The highest BCUT2D eigenvalue weighted by atomic mass is 32.2. The van der Waals surface area contributed by atoms with Crippen molar-refractivity contribution in [2.45, 2.75) is 107 Å². The monoisotopic (exact) mass is 721 g/mol. The molecule has 0 amide bonds. The van der Waals surface area contributed by atoms with Crippen molar-refractivity contribution < 1.29 is 54.1 Å². The van der Waals surface area contributed by atoms with Crippen LogP contribution >= 0.6 is 11.8 Å². The fourth-order valence-electron chi connectivity index (χ4n) is 8.33. The summed E-state index contributed by atoms with van der Waals surface area (Å²) in [5.41, 5.74) is 2.09. The Bertz CT molecular complexity index is 1280. The molecular formula is C34H45F10NO2S. The van der Waals surface area contributed by atoms with Crippen molar-refractivity contribution in [3.63, 3.8) is 0 Å². The van der Waals surface area contributed by atoms with Crippen molar-refractivity contribution in [1.29, 1.82) is 0 Å². The lowest BCUT2D eigenvalue weighted by Crippen LogP contribution is -2.60. The minimum absolute atomic E-state index is 0.0328. The number of aliphatic hydroxyl groups excluding tert-OH is 1. The molecule has 1 aromatic rings. The largest absolute Gasteiger partial charge is 0.508 e. The van der Waals surface area contributed by atoms with Gasteiger partial charge in [0.1, 0.15) is 11.9 Å². The van der Waals surface area contributed by atoms with E-state index < -0.39 is 48.4 Å². The van der Waals surface area contributed by atoms with Crippen molar-refractivity contribution in [1.82, 2.24) is 4.90 Å². The Morgan fingerprint density at radius 3 is 2.27 bits per heavy atom. The van der Waals surface area contributed by atoms with Gasteiger partial charge in [0.2, 0.25) is 0 Å². The second-order valence-electron chi connectivity index (χ2n) is 14.1. The summed E-state index contributed by atoms with van der Waals surface area (Å²) in [6.45, 7) is 7.55. The van der Waals surface area contributed by atoms with E-state index in [-0.39, 0.29) is 40.6 Å². The molecule has 7 atom stereocenters. The van der Waals surface area contributed by atoms with Gasteiger partial charge in [0.15, 0.2) is 0 Å². The van der Waals surface area contributed by atoms with E-state index in [9.17, 15) is 49.7 Å². The van der Waals surface area contributed by atoms with Crippen LogP contribution in [0.3, 0.4) is 0 Å². The van der Waals surface area contributed by atoms with Crippen LogP contribution in [0.2, 0.25) is 0 Å².